The van der Waals surface area contributed by atoms with Crippen LogP contribution in [0, 0.1) is 6.92 Å². The first-order chi connectivity index (χ1) is 10.2. The number of nitrogens with zero attached hydrogens (tertiary/aromatic N) is 1. The first kappa shape index (κ1) is 14.3. The van der Waals surface area contributed by atoms with Crippen LogP contribution < -0.4 is 10.5 Å². The van der Waals surface area contributed by atoms with Gasteiger partial charge in [-0.15, -0.1) is 11.3 Å². The molecule has 0 radical (unpaired) electrons. The second-order valence-corrected chi connectivity index (χ2v) is 5.88. The van der Waals surface area contributed by atoms with Crippen molar-refractivity contribution in [1.82, 2.24) is 4.98 Å². The van der Waals surface area contributed by atoms with Crippen molar-refractivity contribution in [3.8, 4) is 5.75 Å². The number of thiazole rings is 1. The first-order valence-electron chi connectivity index (χ1n) is 6.82. The van der Waals surface area contributed by atoms with Crippen LogP contribution in [0.1, 0.15) is 21.7 Å². The fourth-order valence-electron chi connectivity index (χ4n) is 2.35. The van der Waals surface area contributed by atoms with E-state index in [0.29, 0.717) is 25.5 Å². The number of benzene rings is 1. The number of anilines is 1. The van der Waals surface area contributed by atoms with Crippen LogP contribution in [-0.4, -0.2) is 18.4 Å². The first-order valence-corrected chi connectivity index (χ1v) is 7.70. The van der Waals surface area contributed by atoms with Gasteiger partial charge in [0, 0.05) is 28.1 Å². The minimum absolute atomic E-state index is 0.282. The highest BCUT2D eigenvalue weighted by Crippen LogP contribution is 2.31. The molecule has 1 aliphatic heterocycles. The molecule has 0 saturated carbocycles. The molecule has 0 fully saturated rings. The summed E-state index contributed by atoms with van der Waals surface area (Å²) in [7, 11) is 0. The molecule has 1 aliphatic rings. The smallest absolute Gasteiger partial charge is 0.189 e. The van der Waals surface area contributed by atoms with Crippen LogP contribution in [0.4, 0.5) is 5.69 Å². The third-order valence-electron chi connectivity index (χ3n) is 3.39. The van der Waals surface area contributed by atoms with Gasteiger partial charge in [0.15, 0.2) is 6.79 Å². The van der Waals surface area contributed by atoms with Gasteiger partial charge in [-0.2, -0.15) is 0 Å². The van der Waals surface area contributed by atoms with E-state index < -0.39 is 0 Å². The Balaban J connectivity index is 1.60. The van der Waals surface area contributed by atoms with E-state index in [1.165, 1.54) is 4.88 Å². The van der Waals surface area contributed by atoms with Crippen molar-refractivity contribution in [2.24, 2.45) is 0 Å². The third-order valence-corrected chi connectivity index (χ3v) is 4.38. The Morgan fingerprint density at radius 2 is 2.33 bits per heavy atom. The number of nitrogens with two attached hydrogens (primary N) is 1. The highest BCUT2D eigenvalue weighted by molar-refractivity contribution is 7.09. The Labute approximate surface area is 127 Å². The molecule has 0 atom stereocenters. The molecule has 21 heavy (non-hydrogen) atoms. The molecule has 3 rings (SSSR count). The molecule has 2 N–H and O–H groups in total. The van der Waals surface area contributed by atoms with Crippen LogP contribution in [0.3, 0.4) is 0 Å². The molecular weight excluding hydrogens is 288 g/mol. The van der Waals surface area contributed by atoms with Gasteiger partial charge in [-0.3, -0.25) is 0 Å². The van der Waals surface area contributed by atoms with Crippen molar-refractivity contribution < 1.29 is 14.2 Å². The number of hydrogen-bond acceptors (Lipinski definition) is 6. The van der Waals surface area contributed by atoms with E-state index in [2.05, 4.69) is 4.98 Å². The summed E-state index contributed by atoms with van der Waals surface area (Å²) in [6, 6.07) is 3.79. The molecule has 0 saturated heterocycles. The van der Waals surface area contributed by atoms with Gasteiger partial charge in [-0.05, 0) is 19.1 Å². The number of aryl methyl sites for hydroxylation is 1. The number of nitrogen functional groups attached to an aromatic ring is 1. The summed E-state index contributed by atoms with van der Waals surface area (Å²) in [6.45, 7) is 3.99. The number of ether oxygens (including phenoxy) is 3. The fourth-order valence-corrected chi connectivity index (χ4v) is 3.11. The molecule has 1 aromatic carbocycles. The van der Waals surface area contributed by atoms with Gasteiger partial charge in [0.2, 0.25) is 0 Å². The largest absolute Gasteiger partial charge is 0.467 e. The predicted octanol–water partition coefficient (Wildman–Crippen LogP) is 2.66. The topological polar surface area (TPSA) is 66.6 Å². The maximum absolute atomic E-state index is 5.91. The Morgan fingerprint density at radius 1 is 1.43 bits per heavy atom. The molecule has 0 unspecified atom stereocenters. The Morgan fingerprint density at radius 3 is 3.14 bits per heavy atom. The zero-order valence-corrected chi connectivity index (χ0v) is 12.7. The molecule has 2 heterocycles. The lowest BCUT2D eigenvalue weighted by Crippen LogP contribution is -2.14. The molecule has 5 nitrogen and oxygen atoms in total. The highest BCUT2D eigenvalue weighted by atomic mass is 32.1. The van der Waals surface area contributed by atoms with Crippen molar-refractivity contribution in [2.45, 2.75) is 26.6 Å². The zero-order valence-electron chi connectivity index (χ0n) is 11.9. The van der Waals surface area contributed by atoms with Crippen molar-refractivity contribution in [3.63, 3.8) is 0 Å². The third kappa shape index (κ3) is 3.34. The molecule has 6 heteroatoms. The normalized spacial score (nSPS) is 13.8. The van der Waals surface area contributed by atoms with Crippen molar-refractivity contribution in [3.05, 3.63) is 39.3 Å². The van der Waals surface area contributed by atoms with Gasteiger partial charge in [-0.1, -0.05) is 0 Å². The van der Waals surface area contributed by atoms with E-state index in [4.69, 9.17) is 19.9 Å². The second-order valence-electron chi connectivity index (χ2n) is 4.94. The second kappa shape index (κ2) is 6.43. The summed E-state index contributed by atoms with van der Waals surface area (Å²) < 4.78 is 16.6. The average molecular weight is 306 g/mol. The minimum atomic E-state index is 0.282. The Kier molecular flexibility index (Phi) is 4.38. The monoisotopic (exact) mass is 306 g/mol. The van der Waals surface area contributed by atoms with Crippen LogP contribution in [-0.2, 0) is 29.1 Å². The van der Waals surface area contributed by atoms with Crippen LogP contribution >= 0.6 is 11.3 Å². The summed E-state index contributed by atoms with van der Waals surface area (Å²) >= 11 is 1.67. The molecule has 112 valence electrons. The van der Waals surface area contributed by atoms with Gasteiger partial charge < -0.3 is 19.9 Å². The van der Waals surface area contributed by atoms with E-state index in [9.17, 15) is 0 Å². The summed E-state index contributed by atoms with van der Waals surface area (Å²) in [5.74, 6) is 0.851. The summed E-state index contributed by atoms with van der Waals surface area (Å²) in [5, 5.41) is 0. The number of rotatable bonds is 5. The summed E-state index contributed by atoms with van der Waals surface area (Å²) in [6.07, 6.45) is 0.880. The number of aromatic nitrogens is 1. The Bertz CT molecular complexity index is 627. The number of hydrogen-bond donors (Lipinski definition) is 1. The molecule has 0 bridgehead atoms. The van der Waals surface area contributed by atoms with Gasteiger partial charge >= 0.3 is 0 Å². The van der Waals surface area contributed by atoms with Gasteiger partial charge in [0.1, 0.15) is 5.75 Å². The van der Waals surface area contributed by atoms with E-state index in [1.54, 1.807) is 11.3 Å². The predicted molar refractivity (Wildman–Crippen MR) is 81.3 cm³/mol. The van der Waals surface area contributed by atoms with E-state index in [1.807, 2.05) is 24.6 Å². The van der Waals surface area contributed by atoms with Crippen molar-refractivity contribution in [1.29, 1.82) is 0 Å². The molecule has 2 aromatic rings. The summed E-state index contributed by atoms with van der Waals surface area (Å²) in [5.41, 5.74) is 11.5. The van der Waals surface area contributed by atoms with E-state index in [0.717, 1.165) is 29.0 Å². The summed E-state index contributed by atoms with van der Waals surface area (Å²) in [4.78, 5) is 5.51. The Hall–Kier alpha value is -1.63. The molecule has 0 amide bonds. The van der Waals surface area contributed by atoms with Crippen LogP contribution in [0.5, 0.6) is 5.75 Å². The zero-order chi connectivity index (χ0) is 14.7. The lowest BCUT2D eigenvalue weighted by molar-refractivity contribution is -0.0183. The van der Waals surface area contributed by atoms with Gasteiger partial charge in [0.05, 0.1) is 31.0 Å². The highest BCUT2D eigenvalue weighted by Gasteiger charge is 2.16. The minimum Gasteiger partial charge on any atom is -0.467 e. The maximum atomic E-state index is 5.91. The van der Waals surface area contributed by atoms with Crippen LogP contribution in [0.15, 0.2) is 17.6 Å². The van der Waals surface area contributed by atoms with Crippen molar-refractivity contribution >= 4 is 17.0 Å². The quantitative estimate of drug-likeness (QED) is 0.679. The van der Waals surface area contributed by atoms with E-state index in [-0.39, 0.29) is 6.79 Å². The SMILES string of the molecule is Cc1ncsc1CCOCc1cc(N)cc2c1OCOC2. The van der Waals surface area contributed by atoms with Crippen LogP contribution in [0.25, 0.3) is 0 Å². The van der Waals surface area contributed by atoms with Crippen LogP contribution in [0.2, 0.25) is 0 Å². The lowest BCUT2D eigenvalue weighted by atomic mass is 10.1. The van der Waals surface area contributed by atoms with Crippen molar-refractivity contribution in [2.75, 3.05) is 19.1 Å². The maximum Gasteiger partial charge on any atom is 0.189 e. The number of fused-ring (bicyclic) bond motifs is 1. The molecular formula is C15H18N2O3S. The standard InChI is InChI=1S/C15H18N2O3S/c1-10-14(21-8-17-10)2-3-18-6-11-4-13(16)5-12-7-19-9-20-15(11)12/h4-5,8H,2-3,6-7,9,16H2,1H3. The van der Waals surface area contributed by atoms with E-state index >= 15 is 0 Å². The lowest BCUT2D eigenvalue weighted by Gasteiger charge is -2.21. The molecule has 0 spiro atoms. The molecule has 0 aliphatic carbocycles. The van der Waals surface area contributed by atoms with Gasteiger partial charge in [0.25, 0.3) is 0 Å². The molecule has 1 aromatic heterocycles. The average Bonchev–Trinajstić information content (AvgIpc) is 2.88. The van der Waals surface area contributed by atoms with Gasteiger partial charge in [-0.25, -0.2) is 4.98 Å². The fraction of sp³-hybridized carbons (Fsp3) is 0.400.